The van der Waals surface area contributed by atoms with E-state index in [0.717, 1.165) is 51.9 Å². The molecule has 0 radical (unpaired) electrons. The van der Waals surface area contributed by atoms with Gasteiger partial charge < -0.3 is 40.3 Å². The largest absolute Gasteiger partial charge is 0.477 e. The number of thiazole rings is 1. The summed E-state index contributed by atoms with van der Waals surface area (Å²) in [7, 11) is 0. The second kappa shape index (κ2) is 19.3. The minimum Gasteiger partial charge on any atom is -0.477 e. The van der Waals surface area contributed by atoms with E-state index in [4.69, 9.17) is 59.6 Å². The lowest BCUT2D eigenvalue weighted by molar-refractivity contribution is -0.150. The molecule has 2 atom stereocenters. The van der Waals surface area contributed by atoms with Gasteiger partial charge in [0, 0.05) is 22.6 Å². The molecule has 5 heterocycles. The Morgan fingerprint density at radius 1 is 0.952 bits per heavy atom. The van der Waals surface area contributed by atoms with Crippen LogP contribution in [0.25, 0.3) is 5.78 Å². The van der Waals surface area contributed by atoms with Crippen molar-refractivity contribution in [1.82, 2.24) is 34.8 Å². The van der Waals surface area contributed by atoms with Crippen molar-refractivity contribution in [2.45, 2.75) is 23.4 Å². The van der Waals surface area contributed by atoms with Crippen molar-refractivity contribution in [1.29, 1.82) is 0 Å². The Hall–Kier alpha value is -6.06. The summed E-state index contributed by atoms with van der Waals surface area (Å²) in [6, 6.07) is 1.98. The van der Waals surface area contributed by atoms with E-state index in [1.807, 2.05) is 0 Å². The number of thioether (sulfide) groups is 2. The van der Waals surface area contributed by atoms with E-state index in [9.17, 15) is 48.6 Å². The number of aryl methyl sites for hydroxylation is 1. The summed E-state index contributed by atoms with van der Waals surface area (Å²) in [5.74, 6) is -13.8. The molecule has 62 heavy (non-hydrogen) atoms. The second-order valence-corrected chi connectivity index (χ2v) is 15.9. The van der Waals surface area contributed by atoms with Gasteiger partial charge in [0.05, 0.1) is 5.56 Å². The smallest absolute Gasteiger partial charge is 0.375 e. The highest BCUT2D eigenvalue weighted by Crippen LogP contribution is 2.42. The average molecular weight is 973 g/mol. The molecule has 23 nitrogen and oxygen atoms in total. The van der Waals surface area contributed by atoms with E-state index < -0.39 is 111 Å². The van der Waals surface area contributed by atoms with E-state index >= 15 is 0 Å². The summed E-state index contributed by atoms with van der Waals surface area (Å²) in [6.45, 7) is 1.66. The number of aliphatic carboxylic acids is 1. The molecule has 1 aromatic carbocycles. The third kappa shape index (κ3) is 9.84. The van der Waals surface area contributed by atoms with Crippen LogP contribution in [0, 0.1) is 6.92 Å². The number of nitrogens with two attached hydrogens (primary N) is 1. The van der Waals surface area contributed by atoms with Gasteiger partial charge in [-0.15, -0.1) is 74.8 Å². The molecule has 2 aliphatic rings. The third-order valence-corrected chi connectivity index (χ3v) is 11.7. The lowest BCUT2D eigenvalue weighted by Crippen LogP contribution is -2.71. The third-order valence-electron chi connectivity index (χ3n) is 7.98. The van der Waals surface area contributed by atoms with Crippen molar-refractivity contribution in [2.24, 2.45) is 5.16 Å². The number of alkyl halides is 3. The summed E-state index contributed by atoms with van der Waals surface area (Å²) in [4.78, 5) is 119. The molecule has 1 fully saturated rings. The molecule has 29 heteroatoms. The molecule has 1 saturated heterocycles. The highest BCUT2D eigenvalue weighted by Gasteiger charge is 2.54. The molecular weight excluding hydrogens is 949 g/mol. The lowest BCUT2D eigenvalue weighted by Gasteiger charge is -2.49. The SMILES string of the molecule is Cc1cc(SCC2=C(C(=O)O)N3C(=O)[C@@H](NC(=O)C(=NOC(=O)c4cc(OC(=O)CCl)c(OC(=O)CCl)c(OC(=O)CCl)c4)c4csc(N)n4)[C@H]3SC2)n2nc(C(=O)O)nc2n1. The van der Waals surface area contributed by atoms with Crippen LogP contribution in [0.15, 0.2) is 45.0 Å². The summed E-state index contributed by atoms with van der Waals surface area (Å²) in [5, 5.41) is 30.4. The van der Waals surface area contributed by atoms with Crippen molar-refractivity contribution < 1.29 is 67.6 Å². The fourth-order valence-electron chi connectivity index (χ4n) is 5.44. The van der Waals surface area contributed by atoms with Crippen LogP contribution in [0.4, 0.5) is 5.13 Å². The number of halogens is 3. The number of hydrogen-bond acceptors (Lipinski definition) is 21. The first-order valence-electron chi connectivity index (χ1n) is 16.8. The van der Waals surface area contributed by atoms with Gasteiger partial charge in [-0.2, -0.15) is 9.50 Å². The topological polar surface area (TPSA) is 324 Å². The van der Waals surface area contributed by atoms with Gasteiger partial charge in [0.2, 0.25) is 5.75 Å². The van der Waals surface area contributed by atoms with Gasteiger partial charge in [0.15, 0.2) is 22.3 Å². The molecule has 3 aromatic heterocycles. The van der Waals surface area contributed by atoms with Gasteiger partial charge in [-0.1, -0.05) is 5.16 Å². The zero-order valence-electron chi connectivity index (χ0n) is 30.9. The number of carbonyl (C=O) groups excluding carboxylic acids is 6. The second-order valence-electron chi connectivity index (χ2n) is 12.1. The zero-order valence-corrected chi connectivity index (χ0v) is 35.6. The Morgan fingerprint density at radius 3 is 2.18 bits per heavy atom. The molecule has 2 aliphatic heterocycles. The van der Waals surface area contributed by atoms with Crippen molar-refractivity contribution in [3.05, 3.63) is 57.6 Å². The Bertz CT molecular complexity index is 2600. The summed E-state index contributed by atoms with van der Waals surface area (Å²) < 4.78 is 16.4. The number of carboxylic acid groups (broad SMARTS) is 2. The molecule has 0 saturated carbocycles. The van der Waals surface area contributed by atoms with E-state index in [-0.39, 0.29) is 33.8 Å². The maximum Gasteiger partial charge on any atom is 0.375 e. The van der Waals surface area contributed by atoms with Crippen LogP contribution in [-0.4, -0.2) is 134 Å². The number of esters is 3. The average Bonchev–Trinajstić information content (AvgIpc) is 3.88. The number of oxime groups is 1. The van der Waals surface area contributed by atoms with Crippen LogP contribution < -0.4 is 25.3 Å². The molecule has 5 N–H and O–H groups in total. The van der Waals surface area contributed by atoms with Crippen LogP contribution in [-0.2, 0) is 33.6 Å². The van der Waals surface area contributed by atoms with Crippen molar-refractivity contribution in [3.63, 3.8) is 0 Å². The number of anilines is 1. The van der Waals surface area contributed by atoms with Gasteiger partial charge >= 0.3 is 35.8 Å². The molecule has 0 aliphatic carbocycles. The molecular formula is C33H24Cl3N9O14S3. The number of aromatic carboxylic acids is 1. The first kappa shape index (κ1) is 45.5. The standard InChI is InChI=1S/C33H24Cl3N9O14S3/c1-11-2-17(45-33(38-11)41-25(42-45)30(53)54)60-8-13-9-61-28-22(27(50)44(28)23(13)29(51)52)40-26(49)21(14-10-62-32(37)39-14)43-59-31(55)12-3-15(56-18(46)5-34)24(58-20(48)7-36)16(4-12)57-19(47)6-35/h2-4,10,22,28H,5-9H2,1H3,(H2,37,39)(H,40,49)(H,51,52)(H,53,54)/t22-,28-/m1/s1. The molecule has 2 amide bonds. The molecule has 0 bridgehead atoms. The monoisotopic (exact) mass is 971 g/mol. The van der Waals surface area contributed by atoms with E-state index in [1.165, 1.54) is 9.90 Å². The van der Waals surface area contributed by atoms with Gasteiger partial charge in [-0.3, -0.25) is 28.9 Å². The normalized spacial score (nSPS) is 16.0. The number of β-lactam (4-membered cyclic amide) rings is 1. The Kier molecular flexibility index (Phi) is 14.2. The van der Waals surface area contributed by atoms with Crippen molar-refractivity contribution in [3.8, 4) is 17.2 Å². The number of fused-ring (bicyclic) bond motifs is 2. The molecule has 0 spiro atoms. The number of hydrogen-bond donors (Lipinski definition) is 4. The maximum atomic E-state index is 13.8. The highest BCUT2D eigenvalue weighted by molar-refractivity contribution is 8.01. The Balaban J connectivity index is 1.23. The summed E-state index contributed by atoms with van der Waals surface area (Å²) in [6.07, 6.45) is 0. The van der Waals surface area contributed by atoms with Crippen LogP contribution in [0.3, 0.4) is 0 Å². The van der Waals surface area contributed by atoms with Gasteiger partial charge in [-0.05, 0) is 30.7 Å². The Labute approximate surface area is 372 Å². The van der Waals surface area contributed by atoms with Crippen molar-refractivity contribution >= 4 is 134 Å². The number of nitrogens with one attached hydrogen (secondary N) is 1. The van der Waals surface area contributed by atoms with E-state index in [1.54, 1.807) is 13.0 Å². The number of nitrogen functional groups attached to an aromatic ring is 1. The van der Waals surface area contributed by atoms with Gasteiger partial charge in [0.25, 0.3) is 23.4 Å². The number of carbonyl (C=O) groups is 8. The highest BCUT2D eigenvalue weighted by atomic mass is 35.5. The fourth-order valence-corrected chi connectivity index (χ4v) is 8.69. The van der Waals surface area contributed by atoms with Crippen LogP contribution in [0.1, 0.15) is 32.4 Å². The maximum absolute atomic E-state index is 13.8. The number of rotatable bonds is 16. The number of carboxylic acids is 2. The van der Waals surface area contributed by atoms with Crippen LogP contribution in [0.2, 0.25) is 0 Å². The van der Waals surface area contributed by atoms with Gasteiger partial charge in [-0.25, -0.2) is 24.4 Å². The minimum absolute atomic E-state index is 0.0188. The molecule has 0 unspecified atom stereocenters. The van der Waals surface area contributed by atoms with Crippen LogP contribution in [0.5, 0.6) is 17.2 Å². The number of nitrogens with zero attached hydrogens (tertiary/aromatic N) is 7. The predicted molar refractivity (Wildman–Crippen MR) is 217 cm³/mol. The fraction of sp³-hybridized carbons (Fsp3) is 0.242. The van der Waals surface area contributed by atoms with Crippen LogP contribution >= 0.6 is 69.7 Å². The molecule has 4 aromatic rings. The number of benzene rings is 1. The minimum atomic E-state index is -1.42. The first-order chi connectivity index (χ1) is 29.5. The number of amides is 2. The Morgan fingerprint density at radius 2 is 1.60 bits per heavy atom. The quantitative estimate of drug-likeness (QED) is 0.0143. The van der Waals surface area contributed by atoms with E-state index in [0.29, 0.717) is 16.3 Å². The molecule has 324 valence electrons. The predicted octanol–water partition coefficient (Wildman–Crippen LogP) is 1.69. The summed E-state index contributed by atoms with van der Waals surface area (Å²) >= 11 is 19.8. The molecule has 6 rings (SSSR count). The van der Waals surface area contributed by atoms with Crippen molar-refractivity contribution in [2.75, 3.05) is 34.9 Å². The van der Waals surface area contributed by atoms with E-state index in [2.05, 4.69) is 30.5 Å². The zero-order chi connectivity index (χ0) is 45.0. The number of aromatic nitrogens is 5. The summed E-state index contributed by atoms with van der Waals surface area (Å²) in [5.41, 5.74) is 4.86. The number of ether oxygens (including phenoxy) is 3. The van der Waals surface area contributed by atoms with Gasteiger partial charge in [0.1, 0.15) is 45.5 Å². The lowest BCUT2D eigenvalue weighted by atomic mass is 10.0. The first-order valence-corrected chi connectivity index (χ1v) is 21.3.